The molecule has 1 aromatic rings. The fourth-order valence-corrected chi connectivity index (χ4v) is 2.48. The molecule has 0 saturated heterocycles. The van der Waals surface area contributed by atoms with Crippen LogP contribution in [0.1, 0.15) is 37.8 Å². The molecular weight excluding hydrogens is 230 g/mol. The second kappa shape index (κ2) is 5.96. The van der Waals surface area contributed by atoms with E-state index in [9.17, 15) is 0 Å². The van der Waals surface area contributed by atoms with E-state index in [2.05, 4.69) is 10.3 Å². The largest absolute Gasteiger partial charge is 0.388 e. The van der Waals surface area contributed by atoms with Gasteiger partial charge in [0.1, 0.15) is 4.99 Å². The van der Waals surface area contributed by atoms with Gasteiger partial charge in [0.2, 0.25) is 0 Å². The van der Waals surface area contributed by atoms with E-state index in [1.165, 1.54) is 32.1 Å². The summed E-state index contributed by atoms with van der Waals surface area (Å²) in [6.45, 7) is 1.03. The third-order valence-electron chi connectivity index (χ3n) is 3.37. The van der Waals surface area contributed by atoms with Crippen molar-refractivity contribution in [2.75, 3.05) is 11.9 Å². The Kier molecular flexibility index (Phi) is 4.31. The summed E-state index contributed by atoms with van der Waals surface area (Å²) >= 11 is 4.86. The predicted octanol–water partition coefficient (Wildman–Crippen LogP) is 2.71. The average Bonchev–Trinajstić information content (AvgIpc) is 2.83. The minimum Gasteiger partial charge on any atom is -0.388 e. The van der Waals surface area contributed by atoms with Crippen molar-refractivity contribution in [2.24, 2.45) is 11.7 Å². The highest BCUT2D eigenvalue weighted by atomic mass is 32.1. The lowest BCUT2D eigenvalue weighted by Gasteiger charge is -2.10. The molecule has 1 fully saturated rings. The van der Waals surface area contributed by atoms with E-state index in [0.29, 0.717) is 10.7 Å². The van der Waals surface area contributed by atoms with Crippen LogP contribution in [0.4, 0.5) is 5.69 Å². The SMILES string of the molecule is NC(=S)c1ccc(NCCC2CCCC2)cn1. The quantitative estimate of drug-likeness (QED) is 0.788. The Bertz CT molecular complexity index is 369. The summed E-state index contributed by atoms with van der Waals surface area (Å²) in [5, 5.41) is 3.39. The van der Waals surface area contributed by atoms with Gasteiger partial charge < -0.3 is 11.1 Å². The summed E-state index contributed by atoms with van der Waals surface area (Å²) in [5.74, 6) is 0.923. The van der Waals surface area contributed by atoms with Gasteiger partial charge in [0, 0.05) is 6.54 Å². The van der Waals surface area contributed by atoms with Crippen LogP contribution >= 0.6 is 12.2 Å². The highest BCUT2D eigenvalue weighted by Crippen LogP contribution is 2.27. The maximum absolute atomic E-state index is 5.50. The van der Waals surface area contributed by atoms with Crippen molar-refractivity contribution < 1.29 is 0 Å². The Balaban J connectivity index is 1.76. The third kappa shape index (κ3) is 3.66. The van der Waals surface area contributed by atoms with Gasteiger partial charge in [0.05, 0.1) is 17.6 Å². The zero-order valence-corrected chi connectivity index (χ0v) is 10.8. The molecule has 17 heavy (non-hydrogen) atoms. The number of rotatable bonds is 5. The zero-order valence-electron chi connectivity index (χ0n) is 9.98. The number of nitrogens with two attached hydrogens (primary N) is 1. The summed E-state index contributed by atoms with van der Waals surface area (Å²) in [6, 6.07) is 3.84. The van der Waals surface area contributed by atoms with E-state index in [1.54, 1.807) is 6.20 Å². The summed E-state index contributed by atoms with van der Waals surface area (Å²) in [4.78, 5) is 4.55. The van der Waals surface area contributed by atoms with Crippen molar-refractivity contribution in [1.82, 2.24) is 4.98 Å². The van der Waals surface area contributed by atoms with Gasteiger partial charge in [-0.05, 0) is 24.5 Å². The van der Waals surface area contributed by atoms with Crippen molar-refractivity contribution >= 4 is 22.9 Å². The van der Waals surface area contributed by atoms with Crippen molar-refractivity contribution in [3.8, 4) is 0 Å². The molecule has 3 nitrogen and oxygen atoms in total. The second-order valence-electron chi connectivity index (χ2n) is 4.66. The van der Waals surface area contributed by atoms with Crippen LogP contribution in [0.15, 0.2) is 18.3 Å². The first-order valence-electron chi connectivity index (χ1n) is 6.25. The molecule has 0 aromatic carbocycles. The van der Waals surface area contributed by atoms with Crippen LogP contribution in [-0.4, -0.2) is 16.5 Å². The van der Waals surface area contributed by atoms with E-state index in [0.717, 1.165) is 18.2 Å². The lowest BCUT2D eigenvalue weighted by Crippen LogP contribution is -2.12. The molecule has 3 N–H and O–H groups in total. The first-order valence-corrected chi connectivity index (χ1v) is 6.66. The van der Waals surface area contributed by atoms with Gasteiger partial charge in [0.15, 0.2) is 0 Å². The Hall–Kier alpha value is -1.16. The average molecular weight is 249 g/mol. The number of hydrogen-bond donors (Lipinski definition) is 2. The van der Waals surface area contributed by atoms with E-state index >= 15 is 0 Å². The van der Waals surface area contributed by atoms with Crippen LogP contribution in [0.3, 0.4) is 0 Å². The number of nitrogens with zero attached hydrogens (tertiary/aromatic N) is 1. The van der Waals surface area contributed by atoms with Crippen molar-refractivity contribution in [1.29, 1.82) is 0 Å². The normalized spacial score (nSPS) is 16.0. The maximum Gasteiger partial charge on any atom is 0.122 e. The first-order chi connectivity index (χ1) is 8.25. The molecule has 1 heterocycles. The summed E-state index contributed by atoms with van der Waals surface area (Å²) in [6.07, 6.45) is 8.69. The molecule has 2 rings (SSSR count). The zero-order chi connectivity index (χ0) is 12.1. The monoisotopic (exact) mass is 249 g/mol. The maximum atomic E-state index is 5.50. The molecule has 1 aromatic heterocycles. The molecule has 1 aliphatic rings. The molecule has 1 aliphatic carbocycles. The summed E-state index contributed by atoms with van der Waals surface area (Å²) in [5.41, 5.74) is 7.22. The first kappa shape index (κ1) is 12.3. The molecule has 0 radical (unpaired) electrons. The van der Waals surface area contributed by atoms with E-state index in [-0.39, 0.29) is 0 Å². The van der Waals surface area contributed by atoms with Gasteiger partial charge >= 0.3 is 0 Å². The Morgan fingerprint density at radius 2 is 2.18 bits per heavy atom. The molecule has 0 unspecified atom stereocenters. The number of nitrogens with one attached hydrogen (secondary N) is 1. The molecule has 4 heteroatoms. The molecule has 0 amide bonds. The lowest BCUT2D eigenvalue weighted by atomic mass is 10.0. The number of anilines is 1. The number of pyridine rings is 1. The number of hydrogen-bond acceptors (Lipinski definition) is 3. The van der Waals surface area contributed by atoms with Crippen LogP contribution in [0.25, 0.3) is 0 Å². The predicted molar refractivity (Wildman–Crippen MR) is 75.2 cm³/mol. The number of aromatic nitrogens is 1. The van der Waals surface area contributed by atoms with E-state index in [4.69, 9.17) is 18.0 Å². The van der Waals surface area contributed by atoms with Gasteiger partial charge in [-0.15, -0.1) is 0 Å². The van der Waals surface area contributed by atoms with Crippen molar-refractivity contribution in [3.05, 3.63) is 24.0 Å². The minimum atomic E-state index is 0.350. The van der Waals surface area contributed by atoms with Crippen LogP contribution < -0.4 is 11.1 Å². The highest BCUT2D eigenvalue weighted by Gasteiger charge is 2.13. The Labute approximate surface area is 108 Å². The van der Waals surface area contributed by atoms with Crippen LogP contribution in [0.2, 0.25) is 0 Å². The van der Waals surface area contributed by atoms with E-state index < -0.39 is 0 Å². The second-order valence-corrected chi connectivity index (χ2v) is 5.10. The Morgan fingerprint density at radius 1 is 1.41 bits per heavy atom. The van der Waals surface area contributed by atoms with Crippen molar-refractivity contribution in [2.45, 2.75) is 32.1 Å². The fraction of sp³-hybridized carbons (Fsp3) is 0.538. The molecule has 0 atom stereocenters. The van der Waals surface area contributed by atoms with Crippen LogP contribution in [-0.2, 0) is 0 Å². The Morgan fingerprint density at radius 3 is 2.76 bits per heavy atom. The molecule has 0 spiro atoms. The molecule has 0 aliphatic heterocycles. The molecule has 92 valence electrons. The smallest absolute Gasteiger partial charge is 0.122 e. The van der Waals surface area contributed by atoms with Gasteiger partial charge in [0.25, 0.3) is 0 Å². The summed E-state index contributed by atoms with van der Waals surface area (Å²) in [7, 11) is 0. The lowest BCUT2D eigenvalue weighted by molar-refractivity contribution is 0.518. The van der Waals surface area contributed by atoms with Crippen molar-refractivity contribution in [3.63, 3.8) is 0 Å². The van der Waals surface area contributed by atoms with Crippen LogP contribution in [0.5, 0.6) is 0 Å². The molecular formula is C13H19N3S. The topological polar surface area (TPSA) is 50.9 Å². The van der Waals surface area contributed by atoms with Gasteiger partial charge in [-0.1, -0.05) is 37.9 Å². The molecule has 1 saturated carbocycles. The molecule has 0 bridgehead atoms. The highest BCUT2D eigenvalue weighted by molar-refractivity contribution is 7.80. The minimum absolute atomic E-state index is 0.350. The van der Waals surface area contributed by atoms with Crippen LogP contribution in [0, 0.1) is 5.92 Å². The number of thiocarbonyl (C=S) groups is 1. The van der Waals surface area contributed by atoms with Gasteiger partial charge in [-0.3, -0.25) is 4.98 Å². The third-order valence-corrected chi connectivity index (χ3v) is 3.58. The van der Waals surface area contributed by atoms with Gasteiger partial charge in [-0.2, -0.15) is 0 Å². The fourth-order valence-electron chi connectivity index (χ4n) is 2.36. The van der Waals surface area contributed by atoms with Gasteiger partial charge in [-0.25, -0.2) is 0 Å². The van der Waals surface area contributed by atoms with E-state index in [1.807, 2.05) is 12.1 Å². The summed E-state index contributed by atoms with van der Waals surface area (Å²) < 4.78 is 0. The standard InChI is InChI=1S/C13H19N3S/c14-13(17)12-6-5-11(9-16-12)15-8-7-10-3-1-2-4-10/h5-6,9-10,15H,1-4,7-8H2,(H2,14,17).